The van der Waals surface area contributed by atoms with Crippen molar-refractivity contribution in [2.24, 2.45) is 0 Å². The molecule has 1 unspecified atom stereocenters. The molecule has 1 N–H and O–H groups in total. The zero-order valence-corrected chi connectivity index (χ0v) is 15.0. The van der Waals surface area contributed by atoms with Crippen molar-refractivity contribution in [3.8, 4) is 10.8 Å². The lowest BCUT2D eigenvalue weighted by Gasteiger charge is -2.25. The van der Waals surface area contributed by atoms with Crippen molar-refractivity contribution in [3.63, 3.8) is 0 Å². The molecule has 0 aliphatic carbocycles. The highest BCUT2D eigenvalue weighted by atomic mass is 32.1. The van der Waals surface area contributed by atoms with E-state index in [2.05, 4.69) is 10.3 Å². The highest BCUT2D eigenvalue weighted by Crippen LogP contribution is 2.33. The van der Waals surface area contributed by atoms with Gasteiger partial charge in [-0.1, -0.05) is 37.3 Å². The number of nitrogens with zero attached hydrogens (tertiary/aromatic N) is 2. The smallest absolute Gasteiger partial charge is 0.325 e. The predicted molar refractivity (Wildman–Crippen MR) is 97.3 cm³/mol. The summed E-state index contributed by atoms with van der Waals surface area (Å²) in [4.78, 5) is 31.3. The Kier molecular flexibility index (Phi) is 4.08. The van der Waals surface area contributed by atoms with Gasteiger partial charge in [0.25, 0.3) is 5.91 Å². The van der Waals surface area contributed by atoms with Crippen LogP contribution in [-0.2, 0) is 16.9 Å². The van der Waals surface area contributed by atoms with Gasteiger partial charge in [0.1, 0.15) is 5.54 Å². The Labute approximate surface area is 154 Å². The maximum atomic E-state index is 13.1. The number of imide groups is 1. The van der Waals surface area contributed by atoms with Gasteiger partial charge in [-0.05, 0) is 24.1 Å². The summed E-state index contributed by atoms with van der Waals surface area (Å²) < 4.78 is 5.34. The number of rotatable bonds is 5. The van der Waals surface area contributed by atoms with E-state index in [0.29, 0.717) is 17.9 Å². The minimum absolute atomic E-state index is 0.135. The number of hydrogen-bond donors (Lipinski definition) is 1. The molecule has 4 rings (SSSR count). The standard InChI is InChI=1S/C19H17N3O3S/c1-2-19(13-7-4-3-5-8-13)17(23)22(18(24)21-19)11-14-12-26-16(20-14)15-9-6-10-25-15/h3-10,12H,2,11H2,1H3,(H,21,24). The number of amides is 3. The fourth-order valence-electron chi connectivity index (χ4n) is 3.19. The van der Waals surface area contributed by atoms with Gasteiger partial charge in [-0.25, -0.2) is 9.78 Å². The van der Waals surface area contributed by atoms with E-state index in [1.54, 1.807) is 12.3 Å². The molecule has 3 amide bonds. The third-order valence-electron chi connectivity index (χ3n) is 4.58. The van der Waals surface area contributed by atoms with E-state index in [4.69, 9.17) is 4.42 Å². The number of benzene rings is 1. The number of carbonyl (C=O) groups excluding carboxylic acids is 2. The molecule has 0 saturated carbocycles. The first-order valence-corrected chi connectivity index (χ1v) is 9.20. The van der Waals surface area contributed by atoms with Crippen LogP contribution in [0.4, 0.5) is 4.79 Å². The Balaban J connectivity index is 1.60. The Morgan fingerprint density at radius 3 is 2.69 bits per heavy atom. The lowest BCUT2D eigenvalue weighted by atomic mass is 9.87. The summed E-state index contributed by atoms with van der Waals surface area (Å²) in [5.41, 5.74) is 0.431. The normalized spacial score (nSPS) is 19.8. The van der Waals surface area contributed by atoms with Gasteiger partial charge in [0, 0.05) is 5.38 Å². The molecule has 0 bridgehead atoms. The number of thiazole rings is 1. The van der Waals surface area contributed by atoms with E-state index in [1.165, 1.54) is 16.2 Å². The van der Waals surface area contributed by atoms with E-state index < -0.39 is 11.6 Å². The van der Waals surface area contributed by atoms with Gasteiger partial charge in [0.15, 0.2) is 10.8 Å². The minimum atomic E-state index is -1.02. The second-order valence-electron chi connectivity index (χ2n) is 6.07. The molecule has 1 atom stereocenters. The van der Waals surface area contributed by atoms with Crippen molar-refractivity contribution in [3.05, 3.63) is 65.4 Å². The molecule has 26 heavy (non-hydrogen) atoms. The summed E-state index contributed by atoms with van der Waals surface area (Å²) in [6, 6.07) is 12.6. The Bertz CT molecular complexity index is 936. The van der Waals surface area contributed by atoms with Gasteiger partial charge >= 0.3 is 6.03 Å². The van der Waals surface area contributed by atoms with Crippen LogP contribution in [0.1, 0.15) is 24.6 Å². The monoisotopic (exact) mass is 367 g/mol. The van der Waals surface area contributed by atoms with Gasteiger partial charge in [0.2, 0.25) is 0 Å². The van der Waals surface area contributed by atoms with Crippen LogP contribution in [0.5, 0.6) is 0 Å². The topological polar surface area (TPSA) is 75.4 Å². The Hall–Kier alpha value is -2.93. The van der Waals surface area contributed by atoms with Crippen LogP contribution in [0.25, 0.3) is 10.8 Å². The molecule has 3 heterocycles. The van der Waals surface area contributed by atoms with Crippen LogP contribution in [0, 0.1) is 0 Å². The predicted octanol–water partition coefficient (Wildman–Crippen LogP) is 3.76. The minimum Gasteiger partial charge on any atom is -0.462 e. The third kappa shape index (κ3) is 2.61. The van der Waals surface area contributed by atoms with E-state index >= 15 is 0 Å². The molecule has 132 valence electrons. The number of aromatic nitrogens is 1. The largest absolute Gasteiger partial charge is 0.462 e. The molecule has 3 aromatic rings. The fourth-order valence-corrected chi connectivity index (χ4v) is 3.96. The van der Waals surface area contributed by atoms with E-state index in [1.807, 2.05) is 48.7 Å². The first-order valence-electron chi connectivity index (χ1n) is 8.32. The number of nitrogens with one attached hydrogen (secondary N) is 1. The van der Waals surface area contributed by atoms with Gasteiger partial charge in [-0.15, -0.1) is 11.3 Å². The van der Waals surface area contributed by atoms with Crippen LogP contribution in [0.15, 0.2) is 58.5 Å². The zero-order valence-electron chi connectivity index (χ0n) is 14.1. The van der Waals surface area contributed by atoms with Crippen molar-refractivity contribution < 1.29 is 14.0 Å². The summed E-state index contributed by atoms with van der Waals surface area (Å²) in [7, 11) is 0. The average Bonchev–Trinajstić information content (AvgIpc) is 3.39. The summed E-state index contributed by atoms with van der Waals surface area (Å²) in [6.07, 6.45) is 2.07. The van der Waals surface area contributed by atoms with E-state index in [-0.39, 0.29) is 12.5 Å². The van der Waals surface area contributed by atoms with Crippen LogP contribution >= 0.6 is 11.3 Å². The lowest BCUT2D eigenvalue weighted by Crippen LogP contribution is -2.43. The van der Waals surface area contributed by atoms with Gasteiger partial charge in [-0.3, -0.25) is 9.69 Å². The Morgan fingerprint density at radius 2 is 2.00 bits per heavy atom. The molecule has 2 aromatic heterocycles. The van der Waals surface area contributed by atoms with Crippen molar-refractivity contribution in [2.75, 3.05) is 0 Å². The molecule has 1 aliphatic rings. The SMILES string of the molecule is CCC1(c2ccccc2)NC(=O)N(Cc2csc(-c3ccco3)n2)C1=O. The molecular weight excluding hydrogens is 350 g/mol. The molecule has 1 aromatic carbocycles. The summed E-state index contributed by atoms with van der Waals surface area (Å²) in [5, 5.41) is 5.45. The van der Waals surface area contributed by atoms with Crippen molar-refractivity contribution in [2.45, 2.75) is 25.4 Å². The summed E-state index contributed by atoms with van der Waals surface area (Å²) in [6.45, 7) is 2.03. The van der Waals surface area contributed by atoms with Gasteiger partial charge in [-0.2, -0.15) is 0 Å². The highest BCUT2D eigenvalue weighted by molar-refractivity contribution is 7.13. The first-order chi connectivity index (χ1) is 12.6. The van der Waals surface area contributed by atoms with E-state index in [0.717, 1.165) is 10.6 Å². The highest BCUT2D eigenvalue weighted by Gasteiger charge is 2.51. The number of urea groups is 1. The summed E-state index contributed by atoms with van der Waals surface area (Å²) in [5.74, 6) is 0.425. The lowest BCUT2D eigenvalue weighted by molar-refractivity contribution is -0.132. The van der Waals surface area contributed by atoms with Crippen LogP contribution in [-0.4, -0.2) is 21.8 Å². The van der Waals surface area contributed by atoms with Crippen LogP contribution in [0.3, 0.4) is 0 Å². The van der Waals surface area contributed by atoms with Crippen molar-refractivity contribution in [1.29, 1.82) is 0 Å². The van der Waals surface area contributed by atoms with Crippen LogP contribution in [0.2, 0.25) is 0 Å². The summed E-state index contributed by atoms with van der Waals surface area (Å²) >= 11 is 1.42. The maximum Gasteiger partial charge on any atom is 0.325 e. The maximum absolute atomic E-state index is 13.1. The molecule has 1 saturated heterocycles. The second kappa shape index (κ2) is 6.42. The van der Waals surface area contributed by atoms with Crippen LogP contribution < -0.4 is 5.32 Å². The molecule has 1 fully saturated rings. The van der Waals surface area contributed by atoms with E-state index in [9.17, 15) is 9.59 Å². The second-order valence-corrected chi connectivity index (χ2v) is 6.93. The number of furan rings is 1. The molecule has 6 nitrogen and oxygen atoms in total. The molecule has 7 heteroatoms. The number of hydrogen-bond acceptors (Lipinski definition) is 5. The quantitative estimate of drug-likeness (QED) is 0.697. The molecule has 0 spiro atoms. The van der Waals surface area contributed by atoms with Crippen molar-refractivity contribution >= 4 is 23.3 Å². The fraction of sp³-hybridized carbons (Fsp3) is 0.211. The van der Waals surface area contributed by atoms with Gasteiger partial charge in [0.05, 0.1) is 18.5 Å². The number of carbonyl (C=O) groups is 2. The molecule has 0 radical (unpaired) electrons. The Morgan fingerprint density at radius 1 is 1.19 bits per heavy atom. The molecule has 1 aliphatic heterocycles. The van der Waals surface area contributed by atoms with Gasteiger partial charge < -0.3 is 9.73 Å². The first kappa shape index (κ1) is 16.5. The zero-order chi connectivity index (χ0) is 18.1. The van der Waals surface area contributed by atoms with Crippen molar-refractivity contribution in [1.82, 2.24) is 15.2 Å². The average molecular weight is 367 g/mol. The third-order valence-corrected chi connectivity index (χ3v) is 5.48. The molecular formula is C19H17N3O3S.